The molecule has 24 heavy (non-hydrogen) atoms. The predicted molar refractivity (Wildman–Crippen MR) is 96.9 cm³/mol. The van der Waals surface area contributed by atoms with Crippen molar-refractivity contribution < 1.29 is 9.53 Å². The van der Waals surface area contributed by atoms with E-state index >= 15 is 0 Å². The summed E-state index contributed by atoms with van der Waals surface area (Å²) in [6.45, 7) is 3.66. The van der Waals surface area contributed by atoms with Gasteiger partial charge < -0.3 is 9.64 Å². The van der Waals surface area contributed by atoms with Gasteiger partial charge in [0.25, 0.3) is 5.91 Å². The molecule has 2 aromatic carbocycles. The summed E-state index contributed by atoms with van der Waals surface area (Å²) in [5, 5.41) is 1.14. The first-order valence-electron chi connectivity index (χ1n) is 8.02. The molecule has 1 heterocycles. The van der Waals surface area contributed by atoms with Crippen molar-refractivity contribution >= 4 is 29.1 Å². The van der Waals surface area contributed by atoms with E-state index in [1.807, 2.05) is 41.3 Å². The van der Waals surface area contributed by atoms with Gasteiger partial charge in [-0.3, -0.25) is 4.79 Å². The normalized spacial score (nSPS) is 17.8. The third-order valence-electron chi connectivity index (χ3n) is 4.22. The maximum Gasteiger partial charge on any atom is 0.254 e. The van der Waals surface area contributed by atoms with Crippen LogP contribution in [0.5, 0.6) is 0 Å². The largest absolute Gasteiger partial charge is 0.370 e. The topological polar surface area (TPSA) is 29.5 Å². The van der Waals surface area contributed by atoms with Crippen molar-refractivity contribution in [1.82, 2.24) is 4.90 Å². The fourth-order valence-electron chi connectivity index (χ4n) is 2.86. The first-order chi connectivity index (χ1) is 11.6. The number of rotatable bonds is 3. The van der Waals surface area contributed by atoms with Gasteiger partial charge in [0, 0.05) is 22.2 Å². The first-order valence-corrected chi connectivity index (χ1v) is 8.78. The molecule has 0 bridgehead atoms. The van der Waals surface area contributed by atoms with Gasteiger partial charge >= 0.3 is 0 Å². The summed E-state index contributed by atoms with van der Waals surface area (Å²) in [6, 6.07) is 13.1. The molecule has 5 heteroatoms. The number of morpholine rings is 1. The molecule has 3 rings (SSSR count). The molecule has 1 fully saturated rings. The molecule has 0 spiro atoms. The molecule has 3 nitrogen and oxygen atoms in total. The average Bonchev–Trinajstić information content (AvgIpc) is 2.60. The molecule has 1 saturated heterocycles. The van der Waals surface area contributed by atoms with Crippen LogP contribution in [0.25, 0.3) is 0 Å². The van der Waals surface area contributed by atoms with E-state index in [9.17, 15) is 4.79 Å². The second-order valence-corrected chi connectivity index (χ2v) is 6.74. The number of nitrogens with zero attached hydrogens (tertiary/aromatic N) is 1. The van der Waals surface area contributed by atoms with Crippen molar-refractivity contribution in [1.29, 1.82) is 0 Å². The van der Waals surface area contributed by atoms with Crippen molar-refractivity contribution in [2.24, 2.45) is 0 Å². The lowest BCUT2D eigenvalue weighted by molar-refractivity contribution is -0.0228. The summed E-state index contributed by atoms with van der Waals surface area (Å²) < 4.78 is 5.82. The zero-order valence-electron chi connectivity index (χ0n) is 13.5. The number of aryl methyl sites for hydroxylation is 1. The molecular weight excluding hydrogens is 345 g/mol. The van der Waals surface area contributed by atoms with E-state index in [0.717, 1.165) is 12.0 Å². The zero-order chi connectivity index (χ0) is 17.1. The number of hydrogen-bond acceptors (Lipinski definition) is 2. The van der Waals surface area contributed by atoms with Gasteiger partial charge in [0.05, 0.1) is 13.2 Å². The summed E-state index contributed by atoms with van der Waals surface area (Å²) in [4.78, 5) is 14.6. The maximum absolute atomic E-state index is 12.7. The van der Waals surface area contributed by atoms with Crippen LogP contribution in [0.1, 0.15) is 34.5 Å². The smallest absolute Gasteiger partial charge is 0.254 e. The number of halogens is 2. The van der Waals surface area contributed by atoms with E-state index in [1.54, 1.807) is 6.07 Å². The SMILES string of the molecule is CCc1ccc(C(=O)N2CCOC(c3cc(Cl)cc(Cl)c3)C2)cc1. The molecule has 1 amide bonds. The van der Waals surface area contributed by atoms with Gasteiger partial charge in [0.15, 0.2) is 0 Å². The standard InChI is InChI=1S/C19H19Cl2NO2/c1-2-13-3-5-14(6-4-13)19(23)22-7-8-24-18(12-22)15-9-16(20)11-17(21)10-15/h3-6,9-11,18H,2,7-8,12H2,1H3. The number of amides is 1. The molecule has 1 unspecified atom stereocenters. The third-order valence-corrected chi connectivity index (χ3v) is 4.66. The highest BCUT2D eigenvalue weighted by Crippen LogP contribution is 2.28. The van der Waals surface area contributed by atoms with Gasteiger partial charge in [0.2, 0.25) is 0 Å². The Balaban J connectivity index is 1.75. The van der Waals surface area contributed by atoms with E-state index in [-0.39, 0.29) is 12.0 Å². The Morgan fingerprint density at radius 1 is 1.17 bits per heavy atom. The number of hydrogen-bond donors (Lipinski definition) is 0. The summed E-state index contributed by atoms with van der Waals surface area (Å²) in [5.41, 5.74) is 2.82. The van der Waals surface area contributed by atoms with Crippen LogP contribution in [0, 0.1) is 0 Å². The minimum Gasteiger partial charge on any atom is -0.370 e. The highest BCUT2D eigenvalue weighted by atomic mass is 35.5. The summed E-state index contributed by atoms with van der Waals surface area (Å²) >= 11 is 12.1. The number of carbonyl (C=O) groups is 1. The van der Waals surface area contributed by atoms with E-state index in [0.29, 0.717) is 35.3 Å². The van der Waals surface area contributed by atoms with Gasteiger partial charge in [0.1, 0.15) is 6.10 Å². The lowest BCUT2D eigenvalue weighted by Gasteiger charge is -2.33. The van der Waals surface area contributed by atoms with Crippen LogP contribution in [0.3, 0.4) is 0 Å². The molecule has 0 radical (unpaired) electrons. The van der Waals surface area contributed by atoms with Crippen molar-refractivity contribution in [3.8, 4) is 0 Å². The van der Waals surface area contributed by atoms with Crippen LogP contribution in [0.2, 0.25) is 10.0 Å². The van der Waals surface area contributed by atoms with Crippen molar-refractivity contribution in [3.63, 3.8) is 0 Å². The fraction of sp³-hybridized carbons (Fsp3) is 0.316. The van der Waals surface area contributed by atoms with Crippen molar-refractivity contribution in [2.75, 3.05) is 19.7 Å². The van der Waals surface area contributed by atoms with Crippen molar-refractivity contribution in [2.45, 2.75) is 19.4 Å². The lowest BCUT2D eigenvalue weighted by Crippen LogP contribution is -2.42. The summed E-state index contributed by atoms with van der Waals surface area (Å²) in [6.07, 6.45) is 0.748. The number of benzene rings is 2. The zero-order valence-corrected chi connectivity index (χ0v) is 15.0. The molecule has 0 aliphatic carbocycles. The fourth-order valence-corrected chi connectivity index (χ4v) is 3.40. The predicted octanol–water partition coefficient (Wildman–Crippen LogP) is 4.77. The van der Waals surface area contributed by atoms with Gasteiger partial charge in [-0.15, -0.1) is 0 Å². The second-order valence-electron chi connectivity index (χ2n) is 5.86. The monoisotopic (exact) mass is 363 g/mol. The van der Waals surface area contributed by atoms with Crippen LogP contribution in [0.4, 0.5) is 0 Å². The Bertz CT molecular complexity index is 710. The van der Waals surface area contributed by atoms with Crippen LogP contribution in [-0.4, -0.2) is 30.5 Å². The minimum absolute atomic E-state index is 0.0269. The van der Waals surface area contributed by atoms with E-state index < -0.39 is 0 Å². The van der Waals surface area contributed by atoms with Gasteiger partial charge in [-0.2, -0.15) is 0 Å². The van der Waals surface area contributed by atoms with Gasteiger partial charge in [-0.05, 0) is 47.9 Å². The Labute approximate surface area is 152 Å². The molecule has 0 N–H and O–H groups in total. The Morgan fingerprint density at radius 3 is 2.46 bits per heavy atom. The second kappa shape index (κ2) is 7.56. The lowest BCUT2D eigenvalue weighted by atomic mass is 10.1. The Hall–Kier alpha value is -1.55. The highest BCUT2D eigenvalue weighted by Gasteiger charge is 2.26. The van der Waals surface area contributed by atoms with Crippen LogP contribution < -0.4 is 0 Å². The van der Waals surface area contributed by atoms with Crippen LogP contribution in [0.15, 0.2) is 42.5 Å². The third kappa shape index (κ3) is 3.92. The average molecular weight is 364 g/mol. The molecule has 0 saturated carbocycles. The Kier molecular flexibility index (Phi) is 5.44. The number of ether oxygens (including phenoxy) is 1. The summed E-state index contributed by atoms with van der Waals surface area (Å²) in [7, 11) is 0. The molecule has 126 valence electrons. The Morgan fingerprint density at radius 2 is 1.83 bits per heavy atom. The molecular formula is C19H19Cl2NO2. The van der Waals surface area contributed by atoms with Crippen LogP contribution in [-0.2, 0) is 11.2 Å². The quantitative estimate of drug-likeness (QED) is 0.785. The van der Waals surface area contributed by atoms with E-state index in [4.69, 9.17) is 27.9 Å². The van der Waals surface area contributed by atoms with E-state index in [2.05, 4.69) is 6.92 Å². The maximum atomic E-state index is 12.7. The molecule has 1 aliphatic heterocycles. The van der Waals surface area contributed by atoms with Crippen molar-refractivity contribution in [3.05, 3.63) is 69.2 Å². The molecule has 0 aromatic heterocycles. The van der Waals surface area contributed by atoms with Crippen LogP contribution >= 0.6 is 23.2 Å². The number of carbonyl (C=O) groups excluding carboxylic acids is 1. The minimum atomic E-state index is -0.214. The molecule has 2 aromatic rings. The first kappa shape index (κ1) is 17.3. The van der Waals surface area contributed by atoms with Gasteiger partial charge in [-0.1, -0.05) is 42.3 Å². The molecule has 1 atom stereocenters. The summed E-state index contributed by atoms with van der Waals surface area (Å²) in [5.74, 6) is 0.0269. The highest BCUT2D eigenvalue weighted by molar-refractivity contribution is 6.34. The molecule has 1 aliphatic rings. The van der Waals surface area contributed by atoms with Gasteiger partial charge in [-0.25, -0.2) is 0 Å². The van der Waals surface area contributed by atoms with E-state index in [1.165, 1.54) is 5.56 Å².